The molecular formula is C15H18FNO3. The molecule has 2 atom stereocenters. The normalized spacial score (nSPS) is 26.1. The lowest BCUT2D eigenvalue weighted by atomic mass is 9.89. The van der Waals surface area contributed by atoms with E-state index in [0.717, 1.165) is 31.7 Å². The summed E-state index contributed by atoms with van der Waals surface area (Å²) in [5.74, 6) is -1.08. The maximum atomic E-state index is 13.0. The van der Waals surface area contributed by atoms with Crippen LogP contribution >= 0.6 is 0 Å². The van der Waals surface area contributed by atoms with E-state index in [0.29, 0.717) is 13.2 Å². The molecule has 1 saturated heterocycles. The Balaban J connectivity index is 1.85. The van der Waals surface area contributed by atoms with E-state index in [1.807, 2.05) is 0 Å². The number of rotatable bonds is 1. The first kappa shape index (κ1) is 13.4. The molecule has 2 aliphatic rings. The Kier molecular flexibility index (Phi) is 3.61. The molecule has 1 aromatic carbocycles. The van der Waals surface area contributed by atoms with Crippen LogP contribution < -0.4 is 0 Å². The maximum absolute atomic E-state index is 13.0. The smallest absolute Gasteiger partial charge is 0.258 e. The van der Waals surface area contributed by atoms with Crippen molar-refractivity contribution in [1.82, 2.24) is 4.90 Å². The summed E-state index contributed by atoms with van der Waals surface area (Å²) in [6.45, 7) is 1.05. The first-order valence-electron chi connectivity index (χ1n) is 7.08. The second-order valence-electron chi connectivity index (χ2n) is 5.42. The Labute approximate surface area is 117 Å². The van der Waals surface area contributed by atoms with Gasteiger partial charge in [-0.05, 0) is 25.0 Å². The lowest BCUT2D eigenvalue weighted by Gasteiger charge is -2.43. The fourth-order valence-electron chi connectivity index (χ4n) is 3.19. The molecule has 0 spiro atoms. The lowest BCUT2D eigenvalue weighted by Crippen LogP contribution is -2.54. The highest BCUT2D eigenvalue weighted by atomic mass is 19.1. The van der Waals surface area contributed by atoms with Crippen LogP contribution in [0.2, 0.25) is 0 Å². The van der Waals surface area contributed by atoms with E-state index in [4.69, 9.17) is 4.74 Å². The van der Waals surface area contributed by atoms with Crippen molar-refractivity contribution < 1.29 is 19.0 Å². The third-order valence-corrected chi connectivity index (χ3v) is 4.18. The summed E-state index contributed by atoms with van der Waals surface area (Å²) in [5.41, 5.74) is 0.164. The highest BCUT2D eigenvalue weighted by Crippen LogP contribution is 2.30. The Morgan fingerprint density at radius 1 is 1.35 bits per heavy atom. The van der Waals surface area contributed by atoms with E-state index < -0.39 is 5.82 Å². The van der Waals surface area contributed by atoms with Gasteiger partial charge in [0.1, 0.15) is 11.6 Å². The summed E-state index contributed by atoms with van der Waals surface area (Å²) in [5, 5.41) is 9.77. The highest BCUT2D eigenvalue weighted by molar-refractivity contribution is 5.97. The van der Waals surface area contributed by atoms with E-state index >= 15 is 0 Å². The van der Waals surface area contributed by atoms with Gasteiger partial charge in [0.05, 0.1) is 24.3 Å². The fraction of sp³-hybridized carbons (Fsp3) is 0.533. The van der Waals surface area contributed by atoms with Crippen LogP contribution in [0.5, 0.6) is 5.75 Å². The number of ether oxygens (including phenoxy) is 1. The predicted molar refractivity (Wildman–Crippen MR) is 71.1 cm³/mol. The number of fused-ring (bicyclic) bond motifs is 1. The number of morpholine rings is 1. The van der Waals surface area contributed by atoms with Crippen molar-refractivity contribution in [3.8, 4) is 5.75 Å². The van der Waals surface area contributed by atoms with E-state index in [2.05, 4.69) is 0 Å². The second-order valence-corrected chi connectivity index (χ2v) is 5.42. The molecule has 1 saturated carbocycles. The van der Waals surface area contributed by atoms with E-state index in [-0.39, 0.29) is 29.4 Å². The average molecular weight is 279 g/mol. The first-order chi connectivity index (χ1) is 9.66. The highest BCUT2D eigenvalue weighted by Gasteiger charge is 2.37. The first-order valence-corrected chi connectivity index (χ1v) is 7.08. The molecule has 1 heterocycles. The van der Waals surface area contributed by atoms with Crippen molar-refractivity contribution in [2.24, 2.45) is 0 Å². The zero-order valence-corrected chi connectivity index (χ0v) is 11.2. The maximum Gasteiger partial charge on any atom is 0.258 e. The third-order valence-electron chi connectivity index (χ3n) is 4.18. The van der Waals surface area contributed by atoms with Gasteiger partial charge in [0.15, 0.2) is 0 Å². The molecule has 0 radical (unpaired) electrons. The van der Waals surface area contributed by atoms with Gasteiger partial charge in [-0.1, -0.05) is 12.8 Å². The van der Waals surface area contributed by atoms with E-state index in [9.17, 15) is 14.3 Å². The Hall–Kier alpha value is -1.62. The van der Waals surface area contributed by atoms with Crippen LogP contribution in [-0.2, 0) is 4.74 Å². The number of hydrogen-bond acceptors (Lipinski definition) is 3. The predicted octanol–water partition coefficient (Wildman–Crippen LogP) is 2.31. The van der Waals surface area contributed by atoms with Crippen LogP contribution in [0.15, 0.2) is 18.2 Å². The number of phenols is 1. The minimum Gasteiger partial charge on any atom is -0.507 e. The number of halogens is 1. The van der Waals surface area contributed by atoms with Crippen molar-refractivity contribution in [3.63, 3.8) is 0 Å². The summed E-state index contributed by atoms with van der Waals surface area (Å²) < 4.78 is 18.7. The SMILES string of the molecule is O=C(c1ccc(F)cc1O)N1CCOC2CCCCC21. The largest absolute Gasteiger partial charge is 0.507 e. The van der Waals surface area contributed by atoms with Crippen LogP contribution in [0, 0.1) is 5.82 Å². The number of benzene rings is 1. The van der Waals surface area contributed by atoms with Crippen molar-refractivity contribution in [3.05, 3.63) is 29.6 Å². The fourth-order valence-corrected chi connectivity index (χ4v) is 3.19. The summed E-state index contributed by atoms with van der Waals surface area (Å²) in [4.78, 5) is 14.4. The van der Waals surface area contributed by atoms with Gasteiger partial charge in [-0.3, -0.25) is 4.79 Å². The molecule has 20 heavy (non-hydrogen) atoms. The van der Waals surface area contributed by atoms with Crippen LogP contribution in [0.4, 0.5) is 4.39 Å². The molecule has 1 amide bonds. The standard InChI is InChI=1S/C15H18FNO3/c16-10-5-6-11(13(18)9-10)15(19)17-7-8-20-14-4-2-1-3-12(14)17/h5-6,9,12,14,18H,1-4,7-8H2. The van der Waals surface area contributed by atoms with Crippen molar-refractivity contribution >= 4 is 5.91 Å². The van der Waals surface area contributed by atoms with Crippen molar-refractivity contribution in [2.75, 3.05) is 13.2 Å². The molecule has 5 heteroatoms. The number of carbonyl (C=O) groups is 1. The van der Waals surface area contributed by atoms with Crippen molar-refractivity contribution in [2.45, 2.75) is 37.8 Å². The number of hydrogen-bond donors (Lipinski definition) is 1. The van der Waals surface area contributed by atoms with Crippen LogP contribution in [-0.4, -0.2) is 41.2 Å². The van der Waals surface area contributed by atoms with Gasteiger partial charge in [-0.15, -0.1) is 0 Å². The number of phenolic OH excluding ortho intramolecular Hbond substituents is 1. The van der Waals surface area contributed by atoms with Gasteiger partial charge < -0.3 is 14.7 Å². The minimum atomic E-state index is -0.545. The summed E-state index contributed by atoms with van der Waals surface area (Å²) in [7, 11) is 0. The number of nitrogens with zero attached hydrogens (tertiary/aromatic N) is 1. The van der Waals surface area contributed by atoms with Gasteiger partial charge in [0.25, 0.3) is 5.91 Å². The molecule has 1 aliphatic heterocycles. The molecule has 1 N–H and O–H groups in total. The summed E-state index contributed by atoms with van der Waals surface area (Å²) in [6, 6.07) is 3.60. The Morgan fingerprint density at radius 2 is 2.15 bits per heavy atom. The quantitative estimate of drug-likeness (QED) is 0.858. The Morgan fingerprint density at radius 3 is 2.95 bits per heavy atom. The Bertz CT molecular complexity index is 518. The molecule has 3 rings (SSSR count). The molecule has 0 bridgehead atoms. The van der Waals surface area contributed by atoms with Gasteiger partial charge in [-0.25, -0.2) is 4.39 Å². The van der Waals surface area contributed by atoms with Gasteiger partial charge in [-0.2, -0.15) is 0 Å². The van der Waals surface area contributed by atoms with Gasteiger partial charge in [0.2, 0.25) is 0 Å². The second kappa shape index (κ2) is 5.40. The lowest BCUT2D eigenvalue weighted by molar-refractivity contribution is -0.0753. The van der Waals surface area contributed by atoms with Crippen LogP contribution in [0.3, 0.4) is 0 Å². The molecule has 1 aromatic rings. The van der Waals surface area contributed by atoms with Gasteiger partial charge >= 0.3 is 0 Å². The van der Waals surface area contributed by atoms with Crippen LogP contribution in [0.25, 0.3) is 0 Å². The van der Waals surface area contributed by atoms with Gasteiger partial charge in [0, 0.05) is 12.6 Å². The van der Waals surface area contributed by atoms with Crippen LogP contribution in [0.1, 0.15) is 36.0 Å². The van der Waals surface area contributed by atoms with Crippen molar-refractivity contribution in [1.29, 1.82) is 0 Å². The van der Waals surface area contributed by atoms with E-state index in [1.54, 1.807) is 4.90 Å². The minimum absolute atomic E-state index is 0.0782. The zero-order chi connectivity index (χ0) is 14.1. The topological polar surface area (TPSA) is 49.8 Å². The summed E-state index contributed by atoms with van der Waals surface area (Å²) >= 11 is 0. The van der Waals surface area contributed by atoms with E-state index in [1.165, 1.54) is 12.1 Å². The molecule has 2 fully saturated rings. The molecule has 4 nitrogen and oxygen atoms in total. The monoisotopic (exact) mass is 279 g/mol. The molecule has 108 valence electrons. The molecule has 0 aromatic heterocycles. The number of amides is 1. The molecular weight excluding hydrogens is 261 g/mol. The zero-order valence-electron chi connectivity index (χ0n) is 11.2. The summed E-state index contributed by atoms with van der Waals surface area (Å²) in [6.07, 6.45) is 4.22. The molecule has 1 aliphatic carbocycles. The third kappa shape index (κ3) is 2.38. The number of carbonyl (C=O) groups excluding carboxylic acids is 1. The molecule has 2 unspecified atom stereocenters. The average Bonchev–Trinajstić information content (AvgIpc) is 2.46. The number of aromatic hydroxyl groups is 1.